The lowest BCUT2D eigenvalue weighted by Gasteiger charge is -2.24. The van der Waals surface area contributed by atoms with Crippen LogP contribution in [0.4, 0.5) is 22.0 Å². The molecule has 1 aliphatic rings. The number of hydrogen-bond acceptors (Lipinski definition) is 0. The van der Waals surface area contributed by atoms with Crippen molar-refractivity contribution in [3.8, 4) is 23.0 Å². The summed E-state index contributed by atoms with van der Waals surface area (Å²) in [6, 6.07) is 9.24. The van der Waals surface area contributed by atoms with Crippen LogP contribution in [0.25, 0.3) is 28.0 Å². The fraction of sp³-hybridized carbons (Fsp3) is 0.286. The van der Waals surface area contributed by atoms with Crippen molar-refractivity contribution in [1.29, 1.82) is 0 Å². The normalized spacial score (nSPS) is 18.0. The summed E-state index contributed by atoms with van der Waals surface area (Å²) < 4.78 is 69.3. The molecule has 0 heterocycles. The molecule has 1 saturated carbocycles. The van der Waals surface area contributed by atoms with Gasteiger partial charge in [0.05, 0.1) is 5.56 Å². The van der Waals surface area contributed by atoms with Crippen molar-refractivity contribution < 1.29 is 22.0 Å². The van der Waals surface area contributed by atoms with Crippen molar-refractivity contribution in [2.75, 3.05) is 0 Å². The SMILES string of the molecule is CCC1CCC(C#Cc2cc(F)c(-c3ccc4c(F)c(C=C(F)F)ccc4c3)c(F)c2)CC1. The van der Waals surface area contributed by atoms with Crippen LogP contribution in [0.1, 0.15) is 50.2 Å². The highest BCUT2D eigenvalue weighted by Gasteiger charge is 2.19. The number of benzene rings is 3. The van der Waals surface area contributed by atoms with Crippen LogP contribution in [0, 0.1) is 41.1 Å². The van der Waals surface area contributed by atoms with Crippen molar-refractivity contribution in [3.05, 3.63) is 77.1 Å². The first-order valence-electron chi connectivity index (χ1n) is 11.1. The lowest BCUT2D eigenvalue weighted by Crippen LogP contribution is -2.12. The molecule has 0 bridgehead atoms. The van der Waals surface area contributed by atoms with E-state index in [9.17, 15) is 22.0 Å². The molecule has 1 fully saturated rings. The molecule has 0 aromatic heterocycles. The zero-order valence-electron chi connectivity index (χ0n) is 18.2. The van der Waals surface area contributed by atoms with E-state index in [2.05, 4.69) is 18.8 Å². The Bertz CT molecular complexity index is 1240. The summed E-state index contributed by atoms with van der Waals surface area (Å²) in [6.07, 6.45) is 3.91. The zero-order chi connectivity index (χ0) is 23.5. The molecule has 0 radical (unpaired) electrons. The maximum absolute atomic E-state index is 14.9. The van der Waals surface area contributed by atoms with E-state index in [-0.39, 0.29) is 33.6 Å². The van der Waals surface area contributed by atoms with E-state index in [4.69, 9.17) is 0 Å². The monoisotopic (exact) mass is 454 g/mol. The van der Waals surface area contributed by atoms with E-state index in [1.807, 2.05) is 0 Å². The van der Waals surface area contributed by atoms with Crippen molar-refractivity contribution in [3.63, 3.8) is 0 Å². The summed E-state index contributed by atoms with van der Waals surface area (Å²) >= 11 is 0. The summed E-state index contributed by atoms with van der Waals surface area (Å²) in [5, 5.41) is 0.446. The van der Waals surface area contributed by atoms with Gasteiger partial charge in [-0.3, -0.25) is 0 Å². The van der Waals surface area contributed by atoms with Gasteiger partial charge in [-0.05, 0) is 60.7 Å². The van der Waals surface area contributed by atoms with Gasteiger partial charge in [-0.2, -0.15) is 8.78 Å². The quantitative estimate of drug-likeness (QED) is 0.274. The van der Waals surface area contributed by atoms with Crippen molar-refractivity contribution in [2.45, 2.75) is 39.0 Å². The third-order valence-electron chi connectivity index (χ3n) is 6.42. The molecule has 33 heavy (non-hydrogen) atoms. The van der Waals surface area contributed by atoms with Gasteiger partial charge in [0.25, 0.3) is 6.08 Å². The topological polar surface area (TPSA) is 0 Å². The first-order valence-corrected chi connectivity index (χ1v) is 11.1. The smallest absolute Gasteiger partial charge is 0.206 e. The fourth-order valence-electron chi connectivity index (χ4n) is 4.51. The van der Waals surface area contributed by atoms with Crippen LogP contribution in [-0.2, 0) is 0 Å². The predicted octanol–water partition coefficient (Wildman–Crippen LogP) is 8.73. The maximum atomic E-state index is 14.9. The molecule has 0 amide bonds. The molecule has 170 valence electrons. The van der Waals surface area contributed by atoms with E-state index in [0.29, 0.717) is 11.5 Å². The second kappa shape index (κ2) is 9.79. The Morgan fingerprint density at radius 1 is 0.939 bits per heavy atom. The van der Waals surface area contributed by atoms with Gasteiger partial charge in [0.1, 0.15) is 17.5 Å². The summed E-state index contributed by atoms with van der Waals surface area (Å²) in [6.45, 7) is 2.19. The van der Waals surface area contributed by atoms with Gasteiger partial charge < -0.3 is 0 Å². The van der Waals surface area contributed by atoms with Gasteiger partial charge in [-0.1, -0.05) is 49.5 Å². The molecule has 0 aliphatic heterocycles. The number of halogens is 5. The number of rotatable bonds is 3. The minimum atomic E-state index is -2.01. The molecule has 0 saturated heterocycles. The third-order valence-corrected chi connectivity index (χ3v) is 6.42. The first-order chi connectivity index (χ1) is 15.9. The molecule has 5 heteroatoms. The van der Waals surface area contributed by atoms with E-state index < -0.39 is 23.5 Å². The van der Waals surface area contributed by atoms with Gasteiger partial charge in [-0.15, -0.1) is 0 Å². The number of fused-ring (bicyclic) bond motifs is 1. The van der Waals surface area contributed by atoms with Crippen LogP contribution in [0.15, 0.2) is 48.5 Å². The van der Waals surface area contributed by atoms with Crippen LogP contribution >= 0.6 is 0 Å². The van der Waals surface area contributed by atoms with Crippen molar-refractivity contribution in [2.24, 2.45) is 11.8 Å². The summed E-state index contributed by atoms with van der Waals surface area (Å²) in [4.78, 5) is 0. The predicted molar refractivity (Wildman–Crippen MR) is 122 cm³/mol. The van der Waals surface area contributed by atoms with Crippen LogP contribution in [0.5, 0.6) is 0 Å². The Labute approximate surface area is 190 Å². The first kappa shape index (κ1) is 23.0. The van der Waals surface area contributed by atoms with Crippen molar-refractivity contribution >= 4 is 16.8 Å². The highest BCUT2D eigenvalue weighted by molar-refractivity contribution is 5.89. The maximum Gasteiger partial charge on any atom is 0.271 e. The molecule has 3 aromatic carbocycles. The van der Waals surface area contributed by atoms with Gasteiger partial charge in [0.2, 0.25) is 0 Å². The Morgan fingerprint density at radius 3 is 2.27 bits per heavy atom. The van der Waals surface area contributed by atoms with Gasteiger partial charge >= 0.3 is 0 Å². The number of hydrogen-bond donors (Lipinski definition) is 0. The average molecular weight is 454 g/mol. The van der Waals surface area contributed by atoms with E-state index in [0.717, 1.165) is 31.6 Å². The molecule has 3 aromatic rings. The molecule has 4 rings (SSSR count). The highest BCUT2D eigenvalue weighted by Crippen LogP contribution is 2.33. The Hall–Kier alpha value is -3.13. The van der Waals surface area contributed by atoms with Crippen molar-refractivity contribution in [1.82, 2.24) is 0 Å². The molecule has 0 N–H and O–H groups in total. The van der Waals surface area contributed by atoms with E-state index in [1.54, 1.807) is 0 Å². The van der Waals surface area contributed by atoms with Crippen LogP contribution < -0.4 is 0 Å². The minimum absolute atomic E-state index is 0.0925. The molecule has 1 aliphatic carbocycles. The largest absolute Gasteiger partial charge is 0.271 e. The molecule has 0 nitrogen and oxygen atoms in total. The Kier molecular flexibility index (Phi) is 6.83. The minimum Gasteiger partial charge on any atom is -0.206 e. The third kappa shape index (κ3) is 5.11. The Morgan fingerprint density at radius 2 is 1.64 bits per heavy atom. The van der Waals surface area contributed by atoms with Crippen LogP contribution in [-0.4, -0.2) is 0 Å². The van der Waals surface area contributed by atoms with Gasteiger partial charge in [-0.25, -0.2) is 13.2 Å². The average Bonchev–Trinajstić information content (AvgIpc) is 2.79. The lowest BCUT2D eigenvalue weighted by atomic mass is 9.81. The summed E-state index contributed by atoms with van der Waals surface area (Å²) in [5.74, 6) is 4.76. The summed E-state index contributed by atoms with van der Waals surface area (Å²) in [5.41, 5.74) is 0.0287. The van der Waals surface area contributed by atoms with E-state index in [1.165, 1.54) is 48.9 Å². The molecular formula is C28H23F5. The second-order valence-electron chi connectivity index (χ2n) is 8.55. The molecule has 0 atom stereocenters. The lowest BCUT2D eigenvalue weighted by molar-refractivity contribution is 0.309. The molecule has 0 spiro atoms. The zero-order valence-corrected chi connectivity index (χ0v) is 18.2. The van der Waals surface area contributed by atoms with Gasteiger partial charge in [0.15, 0.2) is 0 Å². The summed E-state index contributed by atoms with van der Waals surface area (Å²) in [7, 11) is 0. The molecular weight excluding hydrogens is 431 g/mol. The standard InChI is InChI=1S/C28H23F5/c1-2-17-3-5-18(6-4-17)7-8-19-13-24(29)27(25(30)14-19)21-11-12-23-20(15-21)9-10-22(28(23)33)16-26(31)32/h9-18H,2-6H2,1H3. The fourth-order valence-corrected chi connectivity index (χ4v) is 4.51. The molecule has 0 unspecified atom stereocenters. The van der Waals surface area contributed by atoms with Crippen LogP contribution in [0.3, 0.4) is 0 Å². The van der Waals surface area contributed by atoms with E-state index >= 15 is 0 Å². The second-order valence-corrected chi connectivity index (χ2v) is 8.55. The van der Waals surface area contributed by atoms with Crippen LogP contribution in [0.2, 0.25) is 0 Å². The Balaban J connectivity index is 1.62. The van der Waals surface area contributed by atoms with Gasteiger partial charge in [0, 0.05) is 28.5 Å². The highest BCUT2D eigenvalue weighted by atomic mass is 19.3.